The lowest BCUT2D eigenvalue weighted by atomic mass is 10.2. The van der Waals surface area contributed by atoms with Crippen molar-refractivity contribution in [3.8, 4) is 16.4 Å². The average Bonchev–Trinajstić information content (AvgIpc) is 2.98. The predicted molar refractivity (Wildman–Crippen MR) is 65.0 cm³/mol. The molecule has 3 aromatic heterocycles. The van der Waals surface area contributed by atoms with Gasteiger partial charge in [-0.3, -0.25) is 4.98 Å². The fourth-order valence-corrected chi connectivity index (χ4v) is 2.17. The van der Waals surface area contributed by atoms with Crippen molar-refractivity contribution in [2.24, 2.45) is 0 Å². The Morgan fingerprint density at radius 2 is 2.29 bits per heavy atom. The number of rotatable bonds is 2. The Morgan fingerprint density at radius 1 is 1.35 bits per heavy atom. The van der Waals surface area contributed by atoms with E-state index in [9.17, 15) is 0 Å². The van der Waals surface area contributed by atoms with E-state index in [4.69, 9.17) is 0 Å². The van der Waals surface area contributed by atoms with Crippen molar-refractivity contribution >= 4 is 11.3 Å². The van der Waals surface area contributed by atoms with E-state index in [2.05, 4.69) is 20.3 Å². The molecule has 0 unspecified atom stereocenters. The lowest BCUT2D eigenvalue weighted by Crippen LogP contribution is -1.93. The number of thiazole rings is 1. The molecule has 0 bridgehead atoms. The highest BCUT2D eigenvalue weighted by atomic mass is 32.1. The van der Waals surface area contributed by atoms with Crippen LogP contribution < -0.4 is 0 Å². The van der Waals surface area contributed by atoms with Crippen LogP contribution in [0.15, 0.2) is 36.1 Å². The van der Waals surface area contributed by atoms with Crippen molar-refractivity contribution in [2.45, 2.75) is 6.92 Å². The molecule has 3 aromatic rings. The van der Waals surface area contributed by atoms with E-state index in [-0.39, 0.29) is 0 Å². The molecule has 84 valence electrons. The number of nitrogens with zero attached hydrogens (tertiary/aromatic N) is 5. The first-order chi connectivity index (χ1) is 8.33. The average molecular weight is 243 g/mol. The molecule has 0 N–H and O–H groups in total. The van der Waals surface area contributed by atoms with Gasteiger partial charge in [-0.05, 0) is 19.1 Å². The van der Waals surface area contributed by atoms with Crippen LogP contribution in [0.5, 0.6) is 0 Å². The minimum atomic E-state index is 0.797. The van der Waals surface area contributed by atoms with E-state index in [0.717, 1.165) is 22.1 Å². The third-order valence-electron chi connectivity index (χ3n) is 2.25. The van der Waals surface area contributed by atoms with Crippen molar-refractivity contribution in [2.75, 3.05) is 0 Å². The van der Waals surface area contributed by atoms with Crippen LogP contribution in [0, 0.1) is 6.92 Å². The summed E-state index contributed by atoms with van der Waals surface area (Å²) in [7, 11) is 0. The van der Waals surface area contributed by atoms with Crippen LogP contribution in [0.4, 0.5) is 0 Å². The molecule has 0 aromatic carbocycles. The van der Waals surface area contributed by atoms with Crippen molar-refractivity contribution in [3.05, 3.63) is 41.8 Å². The summed E-state index contributed by atoms with van der Waals surface area (Å²) in [4.78, 5) is 8.41. The van der Waals surface area contributed by atoms with Crippen LogP contribution in [0.25, 0.3) is 16.4 Å². The first-order valence-corrected chi connectivity index (χ1v) is 5.96. The standard InChI is InChI=1S/C11H9N5S/c1-8-7-17-11(13-8)16-6-10(14-15-16)9-3-2-4-12-5-9/h2-7H,1H3. The Labute approximate surface area is 102 Å². The molecule has 6 heteroatoms. The maximum atomic E-state index is 4.35. The second-order valence-electron chi connectivity index (χ2n) is 3.56. The van der Waals surface area contributed by atoms with Crippen molar-refractivity contribution in [1.82, 2.24) is 25.0 Å². The van der Waals surface area contributed by atoms with Gasteiger partial charge in [-0.15, -0.1) is 16.4 Å². The van der Waals surface area contributed by atoms with Crippen LogP contribution in [-0.2, 0) is 0 Å². The molecule has 0 aliphatic rings. The summed E-state index contributed by atoms with van der Waals surface area (Å²) in [5.74, 6) is 0. The SMILES string of the molecule is Cc1csc(-n2cc(-c3cccnc3)nn2)n1. The van der Waals surface area contributed by atoms with E-state index in [0.29, 0.717) is 0 Å². The summed E-state index contributed by atoms with van der Waals surface area (Å²) in [6, 6.07) is 3.83. The molecule has 0 fully saturated rings. The molecule has 0 spiro atoms. The molecule has 0 saturated carbocycles. The molecule has 5 nitrogen and oxygen atoms in total. The van der Waals surface area contributed by atoms with Gasteiger partial charge < -0.3 is 0 Å². The Kier molecular flexibility index (Phi) is 2.41. The zero-order valence-electron chi connectivity index (χ0n) is 9.11. The maximum absolute atomic E-state index is 4.35. The number of aryl methyl sites for hydroxylation is 1. The van der Waals surface area contributed by atoms with E-state index in [1.54, 1.807) is 28.4 Å². The second kappa shape index (κ2) is 4.06. The minimum absolute atomic E-state index is 0.797. The molecule has 0 saturated heterocycles. The summed E-state index contributed by atoms with van der Waals surface area (Å²) in [5.41, 5.74) is 2.74. The summed E-state index contributed by atoms with van der Waals surface area (Å²) in [6.07, 6.45) is 5.36. The molecule has 0 atom stereocenters. The molecule has 0 radical (unpaired) electrons. The van der Waals surface area contributed by atoms with Crippen LogP contribution in [0.2, 0.25) is 0 Å². The smallest absolute Gasteiger partial charge is 0.211 e. The molecule has 0 amide bonds. The van der Waals surface area contributed by atoms with Gasteiger partial charge in [-0.1, -0.05) is 5.21 Å². The van der Waals surface area contributed by atoms with E-state index < -0.39 is 0 Å². The zero-order chi connectivity index (χ0) is 11.7. The highest BCUT2D eigenvalue weighted by molar-refractivity contribution is 7.12. The van der Waals surface area contributed by atoms with Crippen molar-refractivity contribution in [1.29, 1.82) is 0 Å². The molecule has 0 aliphatic carbocycles. The molecular weight excluding hydrogens is 234 g/mol. The number of pyridine rings is 1. The first-order valence-electron chi connectivity index (χ1n) is 5.08. The molecular formula is C11H9N5S. The van der Waals surface area contributed by atoms with Crippen molar-refractivity contribution in [3.63, 3.8) is 0 Å². The normalized spacial score (nSPS) is 10.6. The Hall–Kier alpha value is -2.08. The third kappa shape index (κ3) is 1.94. The number of hydrogen-bond donors (Lipinski definition) is 0. The highest BCUT2D eigenvalue weighted by Crippen LogP contribution is 2.18. The van der Waals surface area contributed by atoms with Gasteiger partial charge in [0.15, 0.2) is 0 Å². The third-order valence-corrected chi connectivity index (χ3v) is 3.20. The van der Waals surface area contributed by atoms with Gasteiger partial charge in [-0.25, -0.2) is 4.98 Å². The van der Waals surface area contributed by atoms with Gasteiger partial charge >= 0.3 is 0 Å². The fraction of sp³-hybridized carbons (Fsp3) is 0.0909. The summed E-state index contributed by atoms with van der Waals surface area (Å²) >= 11 is 1.54. The van der Waals surface area contributed by atoms with Crippen LogP contribution in [-0.4, -0.2) is 25.0 Å². The highest BCUT2D eigenvalue weighted by Gasteiger charge is 2.07. The lowest BCUT2D eigenvalue weighted by molar-refractivity contribution is 0.795. The van der Waals surface area contributed by atoms with E-state index in [1.807, 2.05) is 30.6 Å². The predicted octanol–water partition coefficient (Wildman–Crippen LogP) is 2.09. The van der Waals surface area contributed by atoms with Crippen molar-refractivity contribution < 1.29 is 0 Å². The Morgan fingerprint density at radius 3 is 3.00 bits per heavy atom. The monoisotopic (exact) mass is 243 g/mol. The van der Waals surface area contributed by atoms with E-state index >= 15 is 0 Å². The topological polar surface area (TPSA) is 56.5 Å². The van der Waals surface area contributed by atoms with Crippen LogP contribution >= 0.6 is 11.3 Å². The molecule has 17 heavy (non-hydrogen) atoms. The largest absolute Gasteiger partial charge is 0.264 e. The lowest BCUT2D eigenvalue weighted by Gasteiger charge is -1.92. The van der Waals surface area contributed by atoms with Gasteiger partial charge in [-0.2, -0.15) is 4.68 Å². The second-order valence-corrected chi connectivity index (χ2v) is 4.40. The zero-order valence-corrected chi connectivity index (χ0v) is 9.92. The minimum Gasteiger partial charge on any atom is -0.264 e. The summed E-state index contributed by atoms with van der Waals surface area (Å²) < 4.78 is 1.68. The van der Waals surface area contributed by atoms with Crippen LogP contribution in [0.1, 0.15) is 5.69 Å². The molecule has 0 aliphatic heterocycles. The molecule has 3 heterocycles. The Balaban J connectivity index is 1.99. The summed E-state index contributed by atoms with van der Waals surface area (Å²) in [6.45, 7) is 1.96. The number of hydrogen-bond acceptors (Lipinski definition) is 5. The summed E-state index contributed by atoms with van der Waals surface area (Å²) in [5, 5.41) is 11.0. The number of aromatic nitrogens is 5. The van der Waals surface area contributed by atoms with Gasteiger partial charge in [0.25, 0.3) is 0 Å². The van der Waals surface area contributed by atoms with Gasteiger partial charge in [0.2, 0.25) is 5.13 Å². The quantitative estimate of drug-likeness (QED) is 0.691. The molecule has 3 rings (SSSR count). The van der Waals surface area contributed by atoms with Gasteiger partial charge in [0, 0.05) is 23.3 Å². The fourth-order valence-electron chi connectivity index (χ4n) is 1.45. The van der Waals surface area contributed by atoms with E-state index in [1.165, 1.54) is 0 Å². The van der Waals surface area contributed by atoms with Gasteiger partial charge in [0.1, 0.15) is 5.69 Å². The Bertz CT molecular complexity index is 628. The first kappa shape index (κ1) is 10.1. The maximum Gasteiger partial charge on any atom is 0.211 e. The van der Waals surface area contributed by atoms with Crippen LogP contribution in [0.3, 0.4) is 0 Å². The van der Waals surface area contributed by atoms with Gasteiger partial charge in [0.05, 0.1) is 11.9 Å².